The summed E-state index contributed by atoms with van der Waals surface area (Å²) in [4.78, 5) is 0. The highest BCUT2D eigenvalue weighted by Gasteiger charge is 2.48. The van der Waals surface area contributed by atoms with Gasteiger partial charge in [0.05, 0.1) is 0 Å². The van der Waals surface area contributed by atoms with Crippen molar-refractivity contribution in [3.05, 3.63) is 29.6 Å². The fourth-order valence-corrected chi connectivity index (χ4v) is 2.07. The van der Waals surface area contributed by atoms with Crippen molar-refractivity contribution in [3.63, 3.8) is 0 Å². The number of anilines is 1. The molecule has 0 amide bonds. The van der Waals surface area contributed by atoms with Gasteiger partial charge in [-0.05, 0) is 36.6 Å². The van der Waals surface area contributed by atoms with Gasteiger partial charge in [0.25, 0.3) is 0 Å². The maximum Gasteiger partial charge on any atom is 0.123 e. The van der Waals surface area contributed by atoms with Crippen molar-refractivity contribution >= 4 is 18.1 Å². The van der Waals surface area contributed by atoms with Crippen LogP contribution in [0.25, 0.3) is 0 Å². The van der Waals surface area contributed by atoms with Gasteiger partial charge >= 0.3 is 0 Å². The molecule has 1 spiro atoms. The number of benzene rings is 1. The van der Waals surface area contributed by atoms with E-state index in [1.165, 1.54) is 24.5 Å². The minimum atomic E-state index is -0.108. The van der Waals surface area contributed by atoms with Crippen LogP contribution in [-0.4, -0.2) is 6.54 Å². The summed E-state index contributed by atoms with van der Waals surface area (Å²) in [6, 6.07) is 5.05. The van der Waals surface area contributed by atoms with E-state index in [9.17, 15) is 4.39 Å². The Morgan fingerprint density at radius 1 is 1.31 bits per heavy atom. The van der Waals surface area contributed by atoms with E-state index in [-0.39, 0.29) is 18.2 Å². The molecule has 1 heterocycles. The number of fused-ring (bicyclic) bond motifs is 2. The van der Waals surface area contributed by atoms with E-state index in [4.69, 9.17) is 0 Å². The lowest BCUT2D eigenvalue weighted by Crippen LogP contribution is -2.08. The molecule has 0 atom stereocenters. The molecular formula is C10H11ClFN. The van der Waals surface area contributed by atoms with Crippen LogP contribution in [0, 0.1) is 5.82 Å². The highest BCUT2D eigenvalue weighted by molar-refractivity contribution is 5.85. The zero-order valence-electron chi connectivity index (χ0n) is 7.14. The van der Waals surface area contributed by atoms with Gasteiger partial charge in [0.2, 0.25) is 0 Å². The third kappa shape index (κ3) is 1.12. The van der Waals surface area contributed by atoms with Crippen LogP contribution in [0.4, 0.5) is 10.1 Å². The van der Waals surface area contributed by atoms with Crippen molar-refractivity contribution in [1.29, 1.82) is 0 Å². The normalized spacial score (nSPS) is 20.4. The highest BCUT2D eigenvalue weighted by atomic mass is 35.5. The van der Waals surface area contributed by atoms with Crippen LogP contribution in [-0.2, 0) is 5.41 Å². The molecule has 0 saturated heterocycles. The molecule has 1 fully saturated rings. The molecule has 1 saturated carbocycles. The van der Waals surface area contributed by atoms with Gasteiger partial charge in [0, 0.05) is 17.6 Å². The Morgan fingerprint density at radius 2 is 2.08 bits per heavy atom. The molecule has 0 radical (unpaired) electrons. The second kappa shape index (κ2) is 2.61. The molecule has 3 heteroatoms. The lowest BCUT2D eigenvalue weighted by atomic mass is 9.99. The minimum absolute atomic E-state index is 0. The Labute approximate surface area is 82.7 Å². The molecule has 1 aromatic carbocycles. The largest absolute Gasteiger partial charge is 0.384 e. The van der Waals surface area contributed by atoms with E-state index in [1.54, 1.807) is 6.07 Å². The van der Waals surface area contributed by atoms with Crippen molar-refractivity contribution in [1.82, 2.24) is 0 Å². The highest BCUT2D eigenvalue weighted by Crippen LogP contribution is 2.54. The van der Waals surface area contributed by atoms with Crippen LogP contribution in [0.5, 0.6) is 0 Å². The zero-order valence-corrected chi connectivity index (χ0v) is 7.96. The average molecular weight is 200 g/mol. The first-order chi connectivity index (χ1) is 5.80. The standard InChI is InChI=1S/C10H10FN.ClH/c11-7-1-2-9-8(5-7)10(3-4-10)6-12-9;/h1-2,5,12H,3-4,6H2;1H. The molecule has 0 unspecified atom stereocenters. The lowest BCUT2D eigenvalue weighted by Gasteiger charge is -2.04. The van der Waals surface area contributed by atoms with Crippen LogP contribution < -0.4 is 5.32 Å². The molecule has 1 N–H and O–H groups in total. The lowest BCUT2D eigenvalue weighted by molar-refractivity contribution is 0.622. The predicted molar refractivity (Wildman–Crippen MR) is 53.0 cm³/mol. The first-order valence-electron chi connectivity index (χ1n) is 4.34. The third-order valence-electron chi connectivity index (χ3n) is 3.02. The average Bonchev–Trinajstić information content (AvgIpc) is 2.74. The van der Waals surface area contributed by atoms with Crippen LogP contribution in [0.3, 0.4) is 0 Å². The first kappa shape index (κ1) is 8.82. The van der Waals surface area contributed by atoms with Gasteiger partial charge in [-0.25, -0.2) is 4.39 Å². The number of hydrogen-bond donors (Lipinski definition) is 1. The van der Waals surface area contributed by atoms with Gasteiger partial charge in [-0.3, -0.25) is 0 Å². The molecule has 13 heavy (non-hydrogen) atoms. The number of halogens is 2. The summed E-state index contributed by atoms with van der Waals surface area (Å²) in [5.74, 6) is -0.108. The van der Waals surface area contributed by atoms with Gasteiger partial charge in [0.15, 0.2) is 0 Å². The Kier molecular flexibility index (Phi) is 1.77. The van der Waals surface area contributed by atoms with Crippen LogP contribution in [0.15, 0.2) is 18.2 Å². The number of rotatable bonds is 0. The van der Waals surface area contributed by atoms with Gasteiger partial charge in [-0.1, -0.05) is 0 Å². The van der Waals surface area contributed by atoms with Crippen molar-refractivity contribution in [2.24, 2.45) is 0 Å². The van der Waals surface area contributed by atoms with Crippen LogP contribution in [0.2, 0.25) is 0 Å². The SMILES string of the molecule is Cl.Fc1ccc2c(c1)C1(CC1)CN2. The van der Waals surface area contributed by atoms with Gasteiger partial charge < -0.3 is 5.32 Å². The van der Waals surface area contributed by atoms with Crippen LogP contribution in [0.1, 0.15) is 18.4 Å². The van der Waals surface area contributed by atoms with Crippen molar-refractivity contribution in [2.45, 2.75) is 18.3 Å². The Bertz CT molecular complexity index is 347. The van der Waals surface area contributed by atoms with E-state index >= 15 is 0 Å². The quantitative estimate of drug-likeness (QED) is 0.678. The second-order valence-corrected chi connectivity index (χ2v) is 3.82. The Morgan fingerprint density at radius 3 is 2.77 bits per heavy atom. The van der Waals surface area contributed by atoms with E-state index in [2.05, 4.69) is 5.32 Å². The second-order valence-electron chi connectivity index (χ2n) is 3.82. The molecular weight excluding hydrogens is 189 g/mol. The van der Waals surface area contributed by atoms with Gasteiger partial charge in [-0.2, -0.15) is 0 Å². The third-order valence-corrected chi connectivity index (χ3v) is 3.02. The molecule has 0 aromatic heterocycles. The van der Waals surface area contributed by atoms with E-state index in [0.717, 1.165) is 12.2 Å². The molecule has 0 bridgehead atoms. The van der Waals surface area contributed by atoms with Crippen molar-refractivity contribution in [3.8, 4) is 0 Å². The molecule has 3 rings (SSSR count). The molecule has 1 aromatic rings. The fraction of sp³-hybridized carbons (Fsp3) is 0.400. The van der Waals surface area contributed by atoms with Crippen LogP contribution >= 0.6 is 12.4 Å². The summed E-state index contributed by atoms with van der Waals surface area (Å²) < 4.78 is 12.9. The first-order valence-corrected chi connectivity index (χ1v) is 4.34. The summed E-state index contributed by atoms with van der Waals surface area (Å²) in [6.45, 7) is 1.01. The Hall–Kier alpha value is -0.760. The van der Waals surface area contributed by atoms with Crippen molar-refractivity contribution in [2.75, 3.05) is 11.9 Å². The maximum absolute atomic E-state index is 12.9. The maximum atomic E-state index is 12.9. The Balaban J connectivity index is 0.000000653. The van der Waals surface area contributed by atoms with Gasteiger partial charge in [-0.15, -0.1) is 12.4 Å². The topological polar surface area (TPSA) is 12.0 Å². The van der Waals surface area contributed by atoms with E-state index in [0.29, 0.717) is 5.41 Å². The number of nitrogens with one attached hydrogen (secondary N) is 1. The molecule has 1 aliphatic carbocycles. The summed E-state index contributed by atoms with van der Waals surface area (Å²) in [6.07, 6.45) is 2.44. The van der Waals surface area contributed by atoms with Gasteiger partial charge in [0.1, 0.15) is 5.82 Å². The monoisotopic (exact) mass is 199 g/mol. The number of hydrogen-bond acceptors (Lipinski definition) is 1. The smallest absolute Gasteiger partial charge is 0.123 e. The molecule has 70 valence electrons. The molecule has 2 aliphatic rings. The predicted octanol–water partition coefficient (Wildman–Crippen LogP) is 2.70. The summed E-state index contributed by atoms with van der Waals surface area (Å²) in [5, 5.41) is 3.31. The molecule has 1 aliphatic heterocycles. The van der Waals surface area contributed by atoms with Crippen molar-refractivity contribution < 1.29 is 4.39 Å². The summed E-state index contributed by atoms with van der Waals surface area (Å²) in [7, 11) is 0. The van der Waals surface area contributed by atoms with E-state index in [1.807, 2.05) is 6.07 Å². The summed E-state index contributed by atoms with van der Waals surface area (Å²) in [5.41, 5.74) is 2.65. The fourth-order valence-electron chi connectivity index (χ4n) is 2.07. The minimum Gasteiger partial charge on any atom is -0.384 e. The summed E-state index contributed by atoms with van der Waals surface area (Å²) >= 11 is 0. The molecule has 1 nitrogen and oxygen atoms in total. The van der Waals surface area contributed by atoms with E-state index < -0.39 is 0 Å². The zero-order chi connectivity index (χ0) is 8.18.